The molecule has 0 radical (unpaired) electrons. The van der Waals surface area contributed by atoms with Crippen LogP contribution in [0.15, 0.2) is 18.2 Å². The van der Waals surface area contributed by atoms with Gasteiger partial charge in [0.15, 0.2) is 0 Å². The highest BCUT2D eigenvalue weighted by Crippen LogP contribution is 2.51. The molecule has 1 spiro atoms. The summed E-state index contributed by atoms with van der Waals surface area (Å²) in [6.07, 6.45) is 2.15. The molecule has 2 atom stereocenters. The van der Waals surface area contributed by atoms with E-state index in [1.54, 1.807) is 0 Å². The van der Waals surface area contributed by atoms with Crippen LogP contribution in [0, 0.1) is 17.0 Å². The van der Waals surface area contributed by atoms with Gasteiger partial charge in [-0.1, -0.05) is 6.07 Å². The summed E-state index contributed by atoms with van der Waals surface area (Å²) in [5.41, 5.74) is -0.0192. The number of hydrogen-bond donors (Lipinski definition) is 1. The minimum absolute atomic E-state index is 0.125. The molecule has 3 rings (SSSR count). The number of likely N-dealkylation sites (tertiary alicyclic amines) is 1. The van der Waals surface area contributed by atoms with Crippen molar-refractivity contribution in [2.75, 3.05) is 19.7 Å². The molecular formula is C17H23F2NO2. The molecule has 122 valence electrons. The summed E-state index contributed by atoms with van der Waals surface area (Å²) >= 11 is 0. The maximum atomic E-state index is 13.7. The van der Waals surface area contributed by atoms with Crippen molar-refractivity contribution in [3.8, 4) is 0 Å². The first kappa shape index (κ1) is 15.8. The highest BCUT2D eigenvalue weighted by molar-refractivity contribution is 5.20. The summed E-state index contributed by atoms with van der Waals surface area (Å²) in [7, 11) is 0. The topological polar surface area (TPSA) is 32.7 Å². The lowest BCUT2D eigenvalue weighted by atomic mass is 9.58. The summed E-state index contributed by atoms with van der Waals surface area (Å²) < 4.78 is 33.2. The van der Waals surface area contributed by atoms with Gasteiger partial charge < -0.3 is 9.84 Å². The third kappa shape index (κ3) is 2.66. The molecule has 1 saturated heterocycles. The Hall–Kier alpha value is -1.04. The van der Waals surface area contributed by atoms with Crippen molar-refractivity contribution < 1.29 is 18.6 Å². The SMILES string of the molecule is CCO[C@@H]1C[C@@H](O)C12CCN(Cc1c(F)cccc1F)CC2. The molecule has 3 nitrogen and oxygen atoms in total. The van der Waals surface area contributed by atoms with E-state index in [1.807, 2.05) is 6.92 Å². The Balaban J connectivity index is 1.62. The molecule has 5 heteroatoms. The zero-order valence-corrected chi connectivity index (χ0v) is 12.9. The van der Waals surface area contributed by atoms with E-state index in [0.29, 0.717) is 13.0 Å². The molecule has 0 unspecified atom stereocenters. The summed E-state index contributed by atoms with van der Waals surface area (Å²) in [6.45, 7) is 4.37. The fraction of sp³-hybridized carbons (Fsp3) is 0.647. The molecule has 22 heavy (non-hydrogen) atoms. The van der Waals surface area contributed by atoms with E-state index in [2.05, 4.69) is 4.90 Å². The number of nitrogens with zero attached hydrogens (tertiary/aromatic N) is 1. The van der Waals surface area contributed by atoms with Crippen molar-refractivity contribution in [3.63, 3.8) is 0 Å². The lowest BCUT2D eigenvalue weighted by molar-refractivity contribution is -0.210. The van der Waals surface area contributed by atoms with Gasteiger partial charge in [-0.3, -0.25) is 4.90 Å². The zero-order valence-electron chi connectivity index (χ0n) is 12.9. The van der Waals surface area contributed by atoms with Crippen LogP contribution in [0.5, 0.6) is 0 Å². The third-order valence-corrected chi connectivity index (χ3v) is 5.34. The number of halogens is 2. The second kappa shape index (κ2) is 6.22. The van der Waals surface area contributed by atoms with E-state index >= 15 is 0 Å². The maximum Gasteiger partial charge on any atom is 0.130 e. The molecule has 0 amide bonds. The van der Waals surface area contributed by atoms with Crippen molar-refractivity contribution in [2.45, 2.75) is 44.9 Å². The average molecular weight is 311 g/mol. The van der Waals surface area contributed by atoms with Gasteiger partial charge in [-0.15, -0.1) is 0 Å². The van der Waals surface area contributed by atoms with Crippen LogP contribution in [0.2, 0.25) is 0 Å². The van der Waals surface area contributed by atoms with Crippen LogP contribution < -0.4 is 0 Å². The van der Waals surface area contributed by atoms with Crippen LogP contribution in [-0.2, 0) is 11.3 Å². The van der Waals surface area contributed by atoms with Crippen molar-refractivity contribution in [3.05, 3.63) is 35.4 Å². The standard InChI is InChI=1S/C17H23F2NO2/c1-2-22-16-10-15(21)17(16)6-8-20(9-7-17)11-12-13(18)4-3-5-14(12)19/h3-5,15-16,21H,2,6-11H2,1H3/t15-,16-/m1/s1. The molecule has 0 aromatic heterocycles. The number of benzene rings is 1. The number of hydrogen-bond acceptors (Lipinski definition) is 3. The van der Waals surface area contributed by atoms with E-state index in [1.165, 1.54) is 18.2 Å². The summed E-state index contributed by atoms with van der Waals surface area (Å²) in [4.78, 5) is 2.06. The predicted octanol–water partition coefficient (Wildman–Crippen LogP) is 2.72. The molecule has 1 aliphatic heterocycles. The van der Waals surface area contributed by atoms with Gasteiger partial charge in [-0.25, -0.2) is 8.78 Å². The Labute approximate surface area is 129 Å². The largest absolute Gasteiger partial charge is 0.392 e. The second-order valence-corrected chi connectivity index (χ2v) is 6.41. The van der Waals surface area contributed by atoms with Gasteiger partial charge in [0.1, 0.15) is 11.6 Å². The molecule has 1 saturated carbocycles. The van der Waals surface area contributed by atoms with Crippen LogP contribution in [0.4, 0.5) is 8.78 Å². The molecule has 1 heterocycles. The molecular weight excluding hydrogens is 288 g/mol. The van der Waals surface area contributed by atoms with Gasteiger partial charge in [-0.05, 0) is 45.0 Å². The molecule has 1 N–H and O–H groups in total. The van der Waals surface area contributed by atoms with Crippen molar-refractivity contribution in [1.29, 1.82) is 0 Å². The van der Waals surface area contributed by atoms with Crippen molar-refractivity contribution in [1.82, 2.24) is 4.90 Å². The Morgan fingerprint density at radius 1 is 1.27 bits per heavy atom. The molecule has 2 aliphatic rings. The zero-order chi connectivity index (χ0) is 15.7. The smallest absolute Gasteiger partial charge is 0.130 e. The van der Waals surface area contributed by atoms with Gasteiger partial charge in [0, 0.05) is 30.6 Å². The minimum atomic E-state index is -0.490. The first-order chi connectivity index (χ1) is 10.6. The summed E-state index contributed by atoms with van der Waals surface area (Å²) in [5, 5.41) is 10.2. The Morgan fingerprint density at radius 3 is 2.45 bits per heavy atom. The van der Waals surface area contributed by atoms with Gasteiger partial charge in [0.25, 0.3) is 0 Å². The quantitative estimate of drug-likeness (QED) is 0.928. The van der Waals surface area contributed by atoms with Gasteiger partial charge in [0.05, 0.1) is 12.2 Å². The van der Waals surface area contributed by atoms with Crippen LogP contribution in [0.3, 0.4) is 0 Å². The highest BCUT2D eigenvalue weighted by atomic mass is 19.1. The summed E-state index contributed by atoms with van der Waals surface area (Å²) in [6, 6.07) is 3.98. The number of ether oxygens (including phenoxy) is 1. The lowest BCUT2D eigenvalue weighted by Crippen LogP contribution is -2.62. The normalized spacial score (nSPS) is 27.8. The first-order valence-electron chi connectivity index (χ1n) is 8.01. The van der Waals surface area contributed by atoms with Gasteiger partial charge in [0.2, 0.25) is 0 Å². The molecule has 1 aromatic rings. The van der Waals surface area contributed by atoms with Crippen molar-refractivity contribution >= 4 is 0 Å². The predicted molar refractivity (Wildman–Crippen MR) is 79.3 cm³/mol. The van der Waals surface area contributed by atoms with Gasteiger partial charge >= 0.3 is 0 Å². The average Bonchev–Trinajstić information content (AvgIpc) is 2.51. The van der Waals surface area contributed by atoms with E-state index in [4.69, 9.17) is 4.74 Å². The van der Waals surface area contributed by atoms with Crippen LogP contribution >= 0.6 is 0 Å². The maximum absolute atomic E-state index is 13.7. The number of rotatable bonds is 4. The fourth-order valence-electron chi connectivity index (χ4n) is 3.85. The Morgan fingerprint density at radius 2 is 1.91 bits per heavy atom. The van der Waals surface area contributed by atoms with Crippen LogP contribution in [0.25, 0.3) is 0 Å². The number of aliphatic hydroxyl groups is 1. The van der Waals surface area contributed by atoms with Crippen LogP contribution in [-0.4, -0.2) is 41.9 Å². The third-order valence-electron chi connectivity index (χ3n) is 5.34. The van der Waals surface area contributed by atoms with E-state index in [-0.39, 0.29) is 29.7 Å². The monoisotopic (exact) mass is 311 g/mol. The number of aliphatic hydroxyl groups excluding tert-OH is 1. The van der Waals surface area contributed by atoms with Crippen molar-refractivity contribution in [2.24, 2.45) is 5.41 Å². The molecule has 2 fully saturated rings. The molecule has 0 bridgehead atoms. The molecule has 1 aliphatic carbocycles. The minimum Gasteiger partial charge on any atom is -0.392 e. The van der Waals surface area contributed by atoms with Crippen LogP contribution in [0.1, 0.15) is 31.7 Å². The lowest BCUT2D eigenvalue weighted by Gasteiger charge is -2.56. The van der Waals surface area contributed by atoms with E-state index < -0.39 is 11.6 Å². The first-order valence-corrected chi connectivity index (χ1v) is 8.01. The molecule has 1 aromatic carbocycles. The Kier molecular flexibility index (Phi) is 4.48. The van der Waals surface area contributed by atoms with E-state index in [9.17, 15) is 13.9 Å². The fourth-order valence-corrected chi connectivity index (χ4v) is 3.85. The van der Waals surface area contributed by atoms with Gasteiger partial charge in [-0.2, -0.15) is 0 Å². The summed E-state index contributed by atoms with van der Waals surface area (Å²) in [5.74, 6) is -0.979. The Bertz CT molecular complexity index is 507. The highest BCUT2D eigenvalue weighted by Gasteiger charge is 2.55. The van der Waals surface area contributed by atoms with E-state index in [0.717, 1.165) is 25.9 Å². The second-order valence-electron chi connectivity index (χ2n) is 6.41. The number of piperidine rings is 1.